The summed E-state index contributed by atoms with van der Waals surface area (Å²) >= 11 is 9.48. The number of hydrogen-bond acceptors (Lipinski definition) is 2. The fourth-order valence-electron chi connectivity index (χ4n) is 0.941. The molecule has 15 heavy (non-hydrogen) atoms. The van der Waals surface area contributed by atoms with Crippen LogP contribution in [0.25, 0.3) is 0 Å². The van der Waals surface area contributed by atoms with Gasteiger partial charge in [0.25, 0.3) is 0 Å². The Morgan fingerprint density at radius 1 is 1.60 bits per heavy atom. The third kappa shape index (κ3) is 2.88. The fourth-order valence-corrected chi connectivity index (χ4v) is 1.26. The van der Waals surface area contributed by atoms with E-state index < -0.39 is 11.8 Å². The van der Waals surface area contributed by atoms with E-state index in [-0.39, 0.29) is 21.9 Å². The molecule has 0 unspecified atom stereocenters. The molecule has 0 aliphatic carbocycles. The van der Waals surface area contributed by atoms with Crippen molar-refractivity contribution in [2.24, 2.45) is 0 Å². The number of rotatable bonds is 1. The first-order valence-electron chi connectivity index (χ1n) is 3.88. The average Bonchev–Trinajstić information content (AvgIpc) is 2.18. The molecule has 0 aromatic heterocycles. The molecule has 0 spiro atoms. The molecule has 0 amide bonds. The number of benzene rings is 1. The van der Waals surface area contributed by atoms with E-state index in [0.29, 0.717) is 0 Å². The number of thiol groups is 1. The molecule has 5 heteroatoms. The number of hydrogen-bond donors (Lipinski definition) is 2. The smallest absolute Gasteiger partial charge is 0.337 e. The Balaban J connectivity index is 3.25. The second-order valence-electron chi connectivity index (χ2n) is 2.58. The molecule has 0 aliphatic rings. The second-order valence-corrected chi connectivity index (χ2v) is 3.30. The molecular weight excluding hydrogens is 239 g/mol. The summed E-state index contributed by atoms with van der Waals surface area (Å²) < 4.78 is 13.3. The van der Waals surface area contributed by atoms with Gasteiger partial charge in [0, 0.05) is 0 Å². The maximum absolute atomic E-state index is 13.3. The van der Waals surface area contributed by atoms with E-state index in [1.165, 1.54) is 6.07 Å². The van der Waals surface area contributed by atoms with Crippen molar-refractivity contribution in [1.82, 2.24) is 0 Å². The van der Waals surface area contributed by atoms with Crippen LogP contribution in [-0.2, 0) is 0 Å². The lowest BCUT2D eigenvalue weighted by molar-refractivity contribution is 0.0696. The number of carbonyl (C=O) groups is 1. The zero-order valence-corrected chi connectivity index (χ0v) is 9.07. The van der Waals surface area contributed by atoms with Gasteiger partial charge in [0.15, 0.2) is 0 Å². The van der Waals surface area contributed by atoms with Gasteiger partial charge in [0.2, 0.25) is 0 Å². The van der Waals surface area contributed by atoms with Gasteiger partial charge in [0.1, 0.15) is 5.82 Å². The predicted octanol–water partition coefficient (Wildman–Crippen LogP) is 2.46. The van der Waals surface area contributed by atoms with Crippen LogP contribution in [0.3, 0.4) is 0 Å². The Morgan fingerprint density at radius 2 is 2.27 bits per heavy atom. The maximum Gasteiger partial charge on any atom is 0.337 e. The number of aromatic carboxylic acids is 1. The molecule has 78 valence electrons. The van der Waals surface area contributed by atoms with Gasteiger partial charge >= 0.3 is 5.97 Å². The van der Waals surface area contributed by atoms with Crippen LogP contribution in [0.15, 0.2) is 12.1 Å². The van der Waals surface area contributed by atoms with Crippen LogP contribution in [0.2, 0.25) is 5.02 Å². The van der Waals surface area contributed by atoms with Crippen molar-refractivity contribution in [3.8, 4) is 11.8 Å². The first kappa shape index (κ1) is 11.9. The molecule has 0 radical (unpaired) electrons. The van der Waals surface area contributed by atoms with Crippen LogP contribution in [0.4, 0.5) is 4.39 Å². The third-order valence-electron chi connectivity index (χ3n) is 1.59. The minimum Gasteiger partial charge on any atom is -0.478 e. The Morgan fingerprint density at radius 3 is 2.80 bits per heavy atom. The van der Waals surface area contributed by atoms with Crippen LogP contribution < -0.4 is 0 Å². The minimum absolute atomic E-state index is 0.0348. The van der Waals surface area contributed by atoms with Crippen LogP contribution >= 0.6 is 24.2 Å². The minimum atomic E-state index is -1.27. The standard InChI is InChI=1S/C10H6ClFO2S/c11-8-4-6(2-1-3-15)9(12)5-7(8)10(13)14/h4-5,15H,3H2,(H,13,14). The van der Waals surface area contributed by atoms with Gasteiger partial charge in [-0.25, -0.2) is 9.18 Å². The first-order chi connectivity index (χ1) is 7.06. The van der Waals surface area contributed by atoms with Crippen molar-refractivity contribution in [2.45, 2.75) is 0 Å². The Labute approximate surface area is 96.5 Å². The van der Waals surface area contributed by atoms with Crippen molar-refractivity contribution in [2.75, 3.05) is 5.75 Å². The van der Waals surface area contributed by atoms with Gasteiger partial charge in [0.05, 0.1) is 21.9 Å². The fraction of sp³-hybridized carbons (Fsp3) is 0.100. The van der Waals surface area contributed by atoms with Crippen LogP contribution in [-0.4, -0.2) is 16.8 Å². The van der Waals surface area contributed by atoms with Crippen molar-refractivity contribution >= 4 is 30.2 Å². The highest BCUT2D eigenvalue weighted by Gasteiger charge is 2.12. The topological polar surface area (TPSA) is 37.3 Å². The summed E-state index contributed by atoms with van der Waals surface area (Å²) in [5.41, 5.74) is -0.204. The first-order valence-corrected chi connectivity index (χ1v) is 4.89. The zero-order valence-electron chi connectivity index (χ0n) is 7.42. The normalized spacial score (nSPS) is 9.27. The molecule has 0 saturated carbocycles. The number of halogens is 2. The van der Waals surface area contributed by atoms with E-state index in [4.69, 9.17) is 16.7 Å². The summed E-state index contributed by atoms with van der Waals surface area (Å²) in [5.74, 6) is 3.36. The Kier molecular flexibility index (Phi) is 4.01. The third-order valence-corrected chi connectivity index (χ3v) is 2.06. The van der Waals surface area contributed by atoms with Crippen LogP contribution in [0, 0.1) is 17.7 Å². The lowest BCUT2D eigenvalue weighted by Crippen LogP contribution is -1.99. The maximum atomic E-state index is 13.3. The van der Waals surface area contributed by atoms with Gasteiger partial charge in [-0.1, -0.05) is 23.4 Å². The summed E-state index contributed by atoms with van der Waals surface area (Å²) in [6, 6.07) is 2.05. The molecule has 0 atom stereocenters. The molecule has 1 aromatic carbocycles. The molecule has 0 saturated heterocycles. The quantitative estimate of drug-likeness (QED) is 0.588. The van der Waals surface area contributed by atoms with Crippen molar-refractivity contribution < 1.29 is 14.3 Å². The highest BCUT2D eigenvalue weighted by molar-refractivity contribution is 7.80. The Bertz CT molecular complexity index is 462. The highest BCUT2D eigenvalue weighted by atomic mass is 35.5. The lowest BCUT2D eigenvalue weighted by Gasteiger charge is -2.00. The van der Waals surface area contributed by atoms with Gasteiger partial charge in [-0.15, -0.1) is 0 Å². The van der Waals surface area contributed by atoms with Gasteiger partial charge < -0.3 is 5.11 Å². The van der Waals surface area contributed by atoms with Crippen molar-refractivity contribution in [3.05, 3.63) is 34.1 Å². The van der Waals surface area contributed by atoms with E-state index in [9.17, 15) is 9.18 Å². The van der Waals surface area contributed by atoms with Crippen molar-refractivity contribution in [3.63, 3.8) is 0 Å². The summed E-state index contributed by atoms with van der Waals surface area (Å²) in [5, 5.41) is 8.62. The second kappa shape index (κ2) is 5.06. The van der Waals surface area contributed by atoms with E-state index in [1.807, 2.05) is 0 Å². The van der Waals surface area contributed by atoms with Crippen molar-refractivity contribution in [1.29, 1.82) is 0 Å². The monoisotopic (exact) mass is 244 g/mol. The van der Waals surface area contributed by atoms with E-state index in [0.717, 1.165) is 6.07 Å². The predicted molar refractivity (Wildman–Crippen MR) is 59.1 cm³/mol. The molecule has 1 aromatic rings. The summed E-state index contributed by atoms with van der Waals surface area (Å²) in [4.78, 5) is 10.6. The Hall–Kier alpha value is -1.18. The highest BCUT2D eigenvalue weighted by Crippen LogP contribution is 2.20. The number of carboxylic acid groups (broad SMARTS) is 1. The molecule has 1 rings (SSSR count). The van der Waals surface area contributed by atoms with Crippen LogP contribution in [0.5, 0.6) is 0 Å². The van der Waals surface area contributed by atoms with E-state index in [1.54, 1.807) is 0 Å². The van der Waals surface area contributed by atoms with Crippen LogP contribution in [0.1, 0.15) is 15.9 Å². The molecular formula is C10H6ClFO2S. The zero-order chi connectivity index (χ0) is 11.4. The largest absolute Gasteiger partial charge is 0.478 e. The molecule has 1 N–H and O–H groups in total. The lowest BCUT2D eigenvalue weighted by atomic mass is 10.1. The molecule has 0 bridgehead atoms. The van der Waals surface area contributed by atoms with Gasteiger partial charge in [-0.3, -0.25) is 0 Å². The van der Waals surface area contributed by atoms with E-state index in [2.05, 4.69) is 24.5 Å². The summed E-state index contributed by atoms with van der Waals surface area (Å²) in [6.45, 7) is 0. The molecule has 0 heterocycles. The molecule has 0 aliphatic heterocycles. The van der Waals surface area contributed by atoms with E-state index >= 15 is 0 Å². The SMILES string of the molecule is O=C(O)c1cc(F)c(C#CCS)cc1Cl. The summed E-state index contributed by atoms with van der Waals surface area (Å²) in [6.07, 6.45) is 0. The molecule has 0 fully saturated rings. The van der Waals surface area contributed by atoms with Gasteiger partial charge in [-0.05, 0) is 12.1 Å². The van der Waals surface area contributed by atoms with Gasteiger partial charge in [-0.2, -0.15) is 12.6 Å². The number of carboxylic acids is 1. The summed E-state index contributed by atoms with van der Waals surface area (Å²) in [7, 11) is 0. The average molecular weight is 245 g/mol. The molecule has 2 nitrogen and oxygen atoms in total.